The molecule has 43 heavy (non-hydrogen) atoms. The molecule has 0 spiro atoms. The van der Waals surface area contributed by atoms with E-state index in [1.807, 2.05) is 0 Å². The standard InChI is InChI=1S/C29H19ClF3N3O5S2/c30-15-8-10-16(11-9-15)36-26(38)22-21(23-25(35-28(40)43-23)42-24(22)27(36)39)14-4-3-5-17(12-14)41-13-20(37)34-19-7-2-1-6-18(19)29(31,32)33/h1-12,21-22,24H,13H2,(H,34,37)(H,35,40)/t21-,22-,24+/m0/s1. The fourth-order valence-corrected chi connectivity index (χ4v) is 7.83. The lowest BCUT2D eigenvalue weighted by atomic mass is 9.83. The Balaban J connectivity index is 1.27. The topological polar surface area (TPSA) is 109 Å². The van der Waals surface area contributed by atoms with Crippen LogP contribution < -0.4 is 19.8 Å². The number of nitrogens with zero attached hydrogens (tertiary/aromatic N) is 1. The number of fused-ring (bicyclic) bond motifs is 2. The van der Waals surface area contributed by atoms with Gasteiger partial charge in [-0.1, -0.05) is 59.0 Å². The van der Waals surface area contributed by atoms with Crippen molar-refractivity contribution in [1.29, 1.82) is 0 Å². The Hall–Kier alpha value is -4.07. The van der Waals surface area contributed by atoms with Crippen LogP contribution in [0.3, 0.4) is 0 Å². The van der Waals surface area contributed by atoms with Crippen LogP contribution in [0.4, 0.5) is 24.5 Å². The van der Waals surface area contributed by atoms with E-state index in [2.05, 4.69) is 10.3 Å². The number of thioether (sulfide) groups is 1. The fourth-order valence-electron chi connectivity index (χ4n) is 5.19. The van der Waals surface area contributed by atoms with Crippen molar-refractivity contribution in [3.63, 3.8) is 0 Å². The molecule has 6 rings (SSSR count). The predicted molar refractivity (Wildman–Crippen MR) is 156 cm³/mol. The Morgan fingerprint density at radius 2 is 1.74 bits per heavy atom. The molecule has 3 heterocycles. The number of carbonyl (C=O) groups is 3. The van der Waals surface area contributed by atoms with Crippen LogP contribution in [0.1, 0.15) is 21.9 Å². The van der Waals surface area contributed by atoms with Crippen molar-refractivity contribution in [2.24, 2.45) is 5.92 Å². The lowest BCUT2D eigenvalue weighted by Gasteiger charge is -2.30. The van der Waals surface area contributed by atoms with Gasteiger partial charge in [0.05, 0.1) is 27.9 Å². The smallest absolute Gasteiger partial charge is 0.418 e. The highest BCUT2D eigenvalue weighted by Gasteiger charge is 2.56. The number of carbonyl (C=O) groups excluding carboxylic acids is 3. The van der Waals surface area contributed by atoms with Gasteiger partial charge in [-0.2, -0.15) is 13.2 Å². The summed E-state index contributed by atoms with van der Waals surface area (Å²) in [5.41, 5.74) is -0.446. The minimum absolute atomic E-state index is 0.210. The van der Waals surface area contributed by atoms with Gasteiger partial charge in [-0.05, 0) is 54.1 Å². The number of para-hydroxylation sites is 1. The third-order valence-electron chi connectivity index (χ3n) is 7.00. The molecule has 14 heteroatoms. The van der Waals surface area contributed by atoms with Gasteiger partial charge < -0.3 is 15.0 Å². The molecule has 0 aliphatic carbocycles. The highest BCUT2D eigenvalue weighted by atomic mass is 35.5. The molecule has 220 valence electrons. The van der Waals surface area contributed by atoms with Gasteiger partial charge in [0.25, 0.3) is 5.91 Å². The molecule has 1 saturated heterocycles. The number of halogens is 4. The molecule has 3 aromatic carbocycles. The molecule has 2 N–H and O–H groups in total. The summed E-state index contributed by atoms with van der Waals surface area (Å²) in [6.45, 7) is -0.591. The zero-order chi connectivity index (χ0) is 30.5. The van der Waals surface area contributed by atoms with Crippen molar-refractivity contribution < 1.29 is 32.3 Å². The maximum atomic E-state index is 13.8. The van der Waals surface area contributed by atoms with Gasteiger partial charge in [0.15, 0.2) is 6.61 Å². The number of amides is 3. The van der Waals surface area contributed by atoms with Crippen LogP contribution >= 0.6 is 34.7 Å². The number of aromatic nitrogens is 1. The second kappa shape index (κ2) is 11.2. The van der Waals surface area contributed by atoms with Gasteiger partial charge >= 0.3 is 11.0 Å². The molecular formula is C29H19ClF3N3O5S2. The second-order valence-corrected chi connectivity index (χ2v) is 12.3. The third kappa shape index (κ3) is 5.55. The highest BCUT2D eigenvalue weighted by Crippen LogP contribution is 2.53. The number of anilines is 2. The summed E-state index contributed by atoms with van der Waals surface area (Å²) in [5.74, 6) is -2.98. The quantitative estimate of drug-likeness (QED) is 0.252. The van der Waals surface area contributed by atoms with E-state index in [0.717, 1.165) is 40.1 Å². The normalized spacial score (nSPS) is 19.6. The number of hydrogen-bond donors (Lipinski definition) is 2. The van der Waals surface area contributed by atoms with Crippen LogP contribution in [0.25, 0.3) is 0 Å². The summed E-state index contributed by atoms with van der Waals surface area (Å²) in [4.78, 5) is 56.3. The second-order valence-electron chi connectivity index (χ2n) is 9.69. The first kappa shape index (κ1) is 29.0. The Bertz CT molecular complexity index is 1810. The highest BCUT2D eigenvalue weighted by molar-refractivity contribution is 8.00. The van der Waals surface area contributed by atoms with Crippen molar-refractivity contribution in [3.8, 4) is 5.75 Å². The molecule has 8 nitrogen and oxygen atoms in total. The summed E-state index contributed by atoms with van der Waals surface area (Å²) in [5, 5.41) is 2.36. The van der Waals surface area contributed by atoms with E-state index in [0.29, 0.717) is 26.2 Å². The number of nitrogens with one attached hydrogen (secondary N) is 2. The minimum atomic E-state index is -4.65. The number of hydrogen-bond acceptors (Lipinski definition) is 7. The van der Waals surface area contributed by atoms with E-state index >= 15 is 0 Å². The molecule has 3 amide bonds. The van der Waals surface area contributed by atoms with Crippen LogP contribution in [-0.4, -0.2) is 34.6 Å². The van der Waals surface area contributed by atoms with Crippen LogP contribution in [0.2, 0.25) is 5.02 Å². The maximum absolute atomic E-state index is 13.8. The minimum Gasteiger partial charge on any atom is -0.484 e. The maximum Gasteiger partial charge on any atom is 0.418 e. The number of ether oxygens (including phenoxy) is 1. The zero-order valence-corrected chi connectivity index (χ0v) is 24.1. The van der Waals surface area contributed by atoms with Gasteiger partial charge in [-0.25, -0.2) is 4.90 Å². The lowest BCUT2D eigenvalue weighted by Crippen LogP contribution is -2.32. The number of alkyl halides is 3. The zero-order valence-electron chi connectivity index (χ0n) is 21.7. The number of rotatable bonds is 6. The molecule has 0 unspecified atom stereocenters. The van der Waals surface area contributed by atoms with Crippen molar-refractivity contribution >= 4 is 63.8 Å². The Morgan fingerprint density at radius 3 is 2.49 bits per heavy atom. The van der Waals surface area contributed by atoms with Crippen LogP contribution in [-0.2, 0) is 20.6 Å². The summed E-state index contributed by atoms with van der Waals surface area (Å²) in [6, 6.07) is 17.4. The molecule has 3 atom stereocenters. The molecule has 1 aromatic heterocycles. The molecule has 1 fully saturated rings. The average molecular weight is 646 g/mol. The first-order chi connectivity index (χ1) is 20.5. The Labute approximate surface area is 254 Å². The van der Waals surface area contributed by atoms with Crippen molar-refractivity contribution in [2.75, 3.05) is 16.8 Å². The van der Waals surface area contributed by atoms with E-state index < -0.39 is 58.8 Å². The first-order valence-electron chi connectivity index (χ1n) is 12.7. The van der Waals surface area contributed by atoms with Crippen molar-refractivity contribution in [2.45, 2.75) is 22.4 Å². The number of thiazole rings is 1. The first-order valence-corrected chi connectivity index (χ1v) is 14.8. The Morgan fingerprint density at radius 1 is 1.00 bits per heavy atom. The van der Waals surface area contributed by atoms with E-state index in [1.54, 1.807) is 48.5 Å². The summed E-state index contributed by atoms with van der Waals surface area (Å²) in [7, 11) is 0. The van der Waals surface area contributed by atoms with Gasteiger partial charge in [-0.15, -0.1) is 0 Å². The monoisotopic (exact) mass is 645 g/mol. The van der Waals surface area contributed by atoms with E-state index in [-0.39, 0.29) is 10.6 Å². The van der Waals surface area contributed by atoms with Gasteiger partial charge in [0, 0.05) is 15.8 Å². The lowest BCUT2D eigenvalue weighted by molar-refractivity contribution is -0.137. The summed E-state index contributed by atoms with van der Waals surface area (Å²) in [6.07, 6.45) is -4.65. The summed E-state index contributed by atoms with van der Waals surface area (Å²) < 4.78 is 45.5. The molecule has 4 aromatic rings. The van der Waals surface area contributed by atoms with E-state index in [9.17, 15) is 32.3 Å². The SMILES string of the molecule is O=C(COc1cccc([C@@H]2c3sc(=O)[nH]c3S[C@H]3C(=O)N(c4ccc(Cl)cc4)C(=O)[C@@H]23)c1)Nc1ccccc1C(F)(F)F. The third-order valence-corrected chi connectivity index (χ3v) is 9.66. The van der Waals surface area contributed by atoms with Gasteiger partial charge in [0.2, 0.25) is 11.8 Å². The molecule has 0 saturated carbocycles. The molecule has 0 bridgehead atoms. The number of benzene rings is 3. The molecule has 2 aliphatic rings. The van der Waals surface area contributed by atoms with Crippen molar-refractivity contribution in [3.05, 3.63) is 103 Å². The van der Waals surface area contributed by atoms with Crippen molar-refractivity contribution in [1.82, 2.24) is 4.98 Å². The van der Waals surface area contributed by atoms with E-state index in [1.165, 1.54) is 12.1 Å². The average Bonchev–Trinajstić information content (AvgIpc) is 3.46. The van der Waals surface area contributed by atoms with Crippen LogP contribution in [0.5, 0.6) is 5.75 Å². The predicted octanol–water partition coefficient (Wildman–Crippen LogP) is 5.92. The fraction of sp³-hybridized carbons (Fsp3) is 0.172. The van der Waals surface area contributed by atoms with Crippen LogP contribution in [0, 0.1) is 5.92 Å². The van der Waals surface area contributed by atoms with E-state index in [4.69, 9.17) is 16.3 Å². The molecule has 2 aliphatic heterocycles. The largest absolute Gasteiger partial charge is 0.484 e. The number of H-pyrrole nitrogens is 1. The number of imide groups is 1. The summed E-state index contributed by atoms with van der Waals surface area (Å²) >= 11 is 8.08. The molecular weight excluding hydrogens is 627 g/mol. The van der Waals surface area contributed by atoms with Gasteiger partial charge in [-0.3, -0.25) is 19.2 Å². The number of aromatic amines is 1. The van der Waals surface area contributed by atoms with Crippen LogP contribution in [0.15, 0.2) is 82.6 Å². The molecule has 0 radical (unpaired) electrons. The van der Waals surface area contributed by atoms with Gasteiger partial charge in [0.1, 0.15) is 11.0 Å². The Kier molecular flexibility index (Phi) is 7.57.